The second kappa shape index (κ2) is 8.63. The van der Waals surface area contributed by atoms with Gasteiger partial charge in [-0.05, 0) is 35.1 Å². The third-order valence-corrected chi connectivity index (χ3v) is 5.51. The van der Waals surface area contributed by atoms with Crippen LogP contribution < -0.4 is 0 Å². The minimum absolute atomic E-state index is 0.109. The Labute approximate surface area is 167 Å². The Kier molecular flexibility index (Phi) is 6.22. The predicted molar refractivity (Wildman–Crippen MR) is 109 cm³/mol. The van der Waals surface area contributed by atoms with E-state index in [0.717, 1.165) is 5.56 Å². The Morgan fingerprint density at radius 1 is 0.857 bits per heavy atom. The lowest BCUT2D eigenvalue weighted by molar-refractivity contribution is -0.135. The highest BCUT2D eigenvalue weighted by Gasteiger charge is 2.32. The molecule has 0 bridgehead atoms. The van der Waals surface area contributed by atoms with Gasteiger partial charge in [0, 0.05) is 26.2 Å². The maximum Gasteiger partial charge on any atom is 0.289 e. The number of hydrogen-bond acceptors (Lipinski definition) is 3. The molecule has 1 atom stereocenters. The molecule has 150 valence electrons. The van der Waals surface area contributed by atoms with E-state index in [-0.39, 0.29) is 23.7 Å². The predicted octanol–water partition coefficient (Wildman–Crippen LogP) is 4.13. The van der Waals surface area contributed by atoms with Gasteiger partial charge in [-0.15, -0.1) is 0 Å². The number of rotatable bonds is 5. The van der Waals surface area contributed by atoms with E-state index in [9.17, 15) is 9.59 Å². The lowest BCUT2D eigenvalue weighted by Gasteiger charge is -2.37. The number of piperazine rings is 1. The topological polar surface area (TPSA) is 53.8 Å². The summed E-state index contributed by atoms with van der Waals surface area (Å²) in [5, 5.41) is 0. The number of nitrogens with zero attached hydrogens (tertiary/aromatic N) is 2. The van der Waals surface area contributed by atoms with Crippen LogP contribution in [0.1, 0.15) is 61.2 Å². The Balaban J connectivity index is 1.67. The summed E-state index contributed by atoms with van der Waals surface area (Å²) < 4.78 is 5.20. The lowest BCUT2D eigenvalue weighted by atomic mass is 9.86. The molecule has 0 aliphatic carbocycles. The quantitative estimate of drug-likeness (QED) is 0.781. The zero-order chi connectivity index (χ0) is 20.3. The van der Waals surface area contributed by atoms with E-state index in [4.69, 9.17) is 4.42 Å². The van der Waals surface area contributed by atoms with Gasteiger partial charge in [0.25, 0.3) is 5.91 Å². The van der Waals surface area contributed by atoms with Crippen molar-refractivity contribution >= 4 is 11.8 Å². The average Bonchev–Trinajstić information content (AvgIpc) is 3.22. The van der Waals surface area contributed by atoms with E-state index in [1.165, 1.54) is 11.8 Å². The molecular weight excluding hydrogens is 352 g/mol. The molecule has 1 saturated heterocycles. The van der Waals surface area contributed by atoms with E-state index in [1.54, 1.807) is 17.0 Å². The van der Waals surface area contributed by atoms with E-state index in [2.05, 4.69) is 52.0 Å². The second-order valence-corrected chi connectivity index (χ2v) is 8.14. The first kappa shape index (κ1) is 20.2. The van der Waals surface area contributed by atoms with Crippen LogP contribution >= 0.6 is 0 Å². The average molecular weight is 383 g/mol. The summed E-state index contributed by atoms with van der Waals surface area (Å²) in [7, 11) is 0. The highest BCUT2D eigenvalue weighted by atomic mass is 16.3. The van der Waals surface area contributed by atoms with E-state index in [1.807, 2.05) is 4.90 Å². The fourth-order valence-electron chi connectivity index (χ4n) is 3.78. The van der Waals surface area contributed by atoms with Crippen molar-refractivity contribution in [1.82, 2.24) is 9.80 Å². The first-order valence-corrected chi connectivity index (χ1v) is 10.1. The molecule has 28 heavy (non-hydrogen) atoms. The van der Waals surface area contributed by atoms with E-state index >= 15 is 0 Å². The van der Waals surface area contributed by atoms with Gasteiger partial charge < -0.3 is 14.2 Å². The van der Waals surface area contributed by atoms with Crippen molar-refractivity contribution in [3.63, 3.8) is 0 Å². The van der Waals surface area contributed by atoms with Crippen LogP contribution in [0.4, 0.5) is 0 Å². The highest BCUT2D eigenvalue weighted by molar-refractivity contribution is 5.91. The zero-order valence-corrected chi connectivity index (χ0v) is 17.2. The molecule has 0 N–H and O–H groups in total. The van der Waals surface area contributed by atoms with Gasteiger partial charge in [-0.25, -0.2) is 0 Å². The maximum absolute atomic E-state index is 13.3. The van der Waals surface area contributed by atoms with Gasteiger partial charge in [-0.1, -0.05) is 52.0 Å². The minimum atomic E-state index is -0.159. The van der Waals surface area contributed by atoms with Gasteiger partial charge in [0.1, 0.15) is 0 Å². The fraction of sp³-hybridized carbons (Fsp3) is 0.478. The third-order valence-electron chi connectivity index (χ3n) is 5.51. The number of hydrogen-bond donors (Lipinski definition) is 0. The van der Waals surface area contributed by atoms with Crippen molar-refractivity contribution in [1.29, 1.82) is 0 Å². The molecule has 2 aromatic rings. The molecule has 5 heteroatoms. The molecule has 0 saturated carbocycles. The summed E-state index contributed by atoms with van der Waals surface area (Å²) in [6, 6.07) is 11.8. The number of benzene rings is 1. The Bertz CT molecular complexity index is 786. The molecule has 5 nitrogen and oxygen atoms in total. The molecule has 3 rings (SSSR count). The summed E-state index contributed by atoms with van der Waals surface area (Å²) in [5.74, 6) is 0.917. The van der Waals surface area contributed by atoms with Gasteiger partial charge in [0.15, 0.2) is 5.76 Å². The Morgan fingerprint density at radius 3 is 1.93 bits per heavy atom. The van der Waals surface area contributed by atoms with Crippen LogP contribution in [0.5, 0.6) is 0 Å². The third kappa shape index (κ3) is 4.29. The first-order valence-electron chi connectivity index (χ1n) is 10.1. The molecule has 0 spiro atoms. The SMILES string of the molecule is CC(C)c1ccc(C(C(=O)N2CCN(C(=O)c3ccco3)CC2)C(C)C)cc1. The monoisotopic (exact) mass is 382 g/mol. The molecular formula is C23H30N2O3. The first-order chi connectivity index (χ1) is 13.4. The van der Waals surface area contributed by atoms with Crippen molar-refractivity contribution < 1.29 is 14.0 Å². The smallest absolute Gasteiger partial charge is 0.289 e. The van der Waals surface area contributed by atoms with E-state index < -0.39 is 0 Å². The van der Waals surface area contributed by atoms with Gasteiger partial charge >= 0.3 is 0 Å². The summed E-state index contributed by atoms with van der Waals surface area (Å²) >= 11 is 0. The van der Waals surface area contributed by atoms with Gasteiger partial charge in [0.05, 0.1) is 12.2 Å². The molecule has 2 amide bonds. The van der Waals surface area contributed by atoms with Gasteiger partial charge in [-0.3, -0.25) is 9.59 Å². The number of carbonyl (C=O) groups is 2. The van der Waals surface area contributed by atoms with Crippen LogP contribution in [0, 0.1) is 5.92 Å². The summed E-state index contributed by atoms with van der Waals surface area (Å²) in [6.07, 6.45) is 1.50. The van der Waals surface area contributed by atoms with Crippen LogP contribution in [0.15, 0.2) is 47.1 Å². The van der Waals surface area contributed by atoms with Crippen molar-refractivity contribution in [3.8, 4) is 0 Å². The summed E-state index contributed by atoms with van der Waals surface area (Å²) in [5.41, 5.74) is 2.35. The molecule has 1 aromatic heterocycles. The van der Waals surface area contributed by atoms with Gasteiger partial charge in [0.2, 0.25) is 5.91 Å². The number of carbonyl (C=O) groups excluding carboxylic acids is 2. The van der Waals surface area contributed by atoms with E-state index in [0.29, 0.717) is 37.9 Å². The normalized spacial score (nSPS) is 15.9. The van der Waals surface area contributed by atoms with Crippen molar-refractivity contribution in [2.45, 2.75) is 39.5 Å². The van der Waals surface area contributed by atoms with Crippen molar-refractivity contribution in [2.75, 3.05) is 26.2 Å². The largest absolute Gasteiger partial charge is 0.459 e. The molecule has 1 fully saturated rings. The maximum atomic E-state index is 13.3. The molecule has 0 radical (unpaired) electrons. The Hall–Kier alpha value is -2.56. The van der Waals surface area contributed by atoms with Crippen molar-refractivity contribution in [2.24, 2.45) is 5.92 Å². The summed E-state index contributed by atoms with van der Waals surface area (Å²) in [4.78, 5) is 29.3. The highest BCUT2D eigenvalue weighted by Crippen LogP contribution is 2.29. The van der Waals surface area contributed by atoms with Crippen LogP contribution in [0.3, 0.4) is 0 Å². The summed E-state index contributed by atoms with van der Waals surface area (Å²) in [6.45, 7) is 10.7. The Morgan fingerprint density at radius 2 is 1.43 bits per heavy atom. The number of furan rings is 1. The van der Waals surface area contributed by atoms with Crippen LogP contribution in [-0.4, -0.2) is 47.8 Å². The minimum Gasteiger partial charge on any atom is -0.459 e. The fourth-order valence-corrected chi connectivity index (χ4v) is 3.78. The molecule has 2 heterocycles. The van der Waals surface area contributed by atoms with Crippen LogP contribution in [0.25, 0.3) is 0 Å². The zero-order valence-electron chi connectivity index (χ0n) is 17.2. The van der Waals surface area contributed by atoms with Crippen LogP contribution in [0.2, 0.25) is 0 Å². The van der Waals surface area contributed by atoms with Crippen LogP contribution in [-0.2, 0) is 4.79 Å². The lowest BCUT2D eigenvalue weighted by Crippen LogP contribution is -2.52. The van der Waals surface area contributed by atoms with Gasteiger partial charge in [-0.2, -0.15) is 0 Å². The van der Waals surface area contributed by atoms with Crippen molar-refractivity contribution in [3.05, 3.63) is 59.5 Å². The standard InChI is InChI=1S/C23H30N2O3/c1-16(2)18-7-9-19(10-8-18)21(17(3)4)23(27)25-13-11-24(12-14-25)22(26)20-6-5-15-28-20/h5-10,15-17,21H,11-14H2,1-4H3. The molecule has 1 aromatic carbocycles. The molecule has 1 unspecified atom stereocenters. The molecule has 1 aliphatic rings. The molecule has 1 aliphatic heterocycles. The number of amides is 2. The second-order valence-electron chi connectivity index (χ2n) is 8.14.